The highest BCUT2D eigenvalue weighted by atomic mass is 32.1. The van der Waals surface area contributed by atoms with E-state index in [9.17, 15) is 0 Å². The normalized spacial score (nSPS) is 14.5. The fraction of sp³-hybridized carbons (Fsp3) is 0.0169. The average Bonchev–Trinajstić information content (AvgIpc) is 3.96. The molecule has 1 heterocycles. The van der Waals surface area contributed by atoms with Gasteiger partial charge in [-0.2, -0.15) is 0 Å². The van der Waals surface area contributed by atoms with E-state index in [1.807, 2.05) is 11.3 Å². The zero-order valence-corrected chi connectivity index (χ0v) is 34.6. The van der Waals surface area contributed by atoms with Gasteiger partial charge >= 0.3 is 0 Å². The molecule has 2 nitrogen and oxygen atoms in total. The van der Waals surface area contributed by atoms with Crippen LogP contribution in [0.3, 0.4) is 0 Å². The molecule has 1 spiro atoms. The predicted molar refractivity (Wildman–Crippen MR) is 263 cm³/mol. The van der Waals surface area contributed by atoms with Crippen LogP contribution in [0.1, 0.15) is 22.3 Å². The van der Waals surface area contributed by atoms with Crippen LogP contribution in [0.15, 0.2) is 231 Å². The highest BCUT2D eigenvalue weighted by Crippen LogP contribution is 2.67. The van der Waals surface area contributed by atoms with Gasteiger partial charge in [0, 0.05) is 43.4 Å². The summed E-state index contributed by atoms with van der Waals surface area (Å²) in [6.07, 6.45) is 0. The van der Waals surface area contributed by atoms with Gasteiger partial charge in [0.2, 0.25) is 0 Å². The highest BCUT2D eigenvalue weighted by Gasteiger charge is 2.53. The lowest BCUT2D eigenvalue weighted by Crippen LogP contribution is -2.26. The number of hydrogen-bond donors (Lipinski definition) is 0. The number of anilines is 6. The SMILES string of the molecule is c1ccc(N(c2ccc3c(c2)C2(c4ccccc4-3)c3ccc(N(c4ccccc4)c4cccc5ccccc45)cc3-c3sc4ccccc4c32)c2ccc3ccccc3c2)cc1. The van der Waals surface area contributed by atoms with E-state index in [4.69, 9.17) is 0 Å². The fourth-order valence-electron chi connectivity index (χ4n) is 10.6. The van der Waals surface area contributed by atoms with Crippen LogP contribution in [0.4, 0.5) is 34.1 Å². The number of thiophene rings is 1. The summed E-state index contributed by atoms with van der Waals surface area (Å²) in [7, 11) is 0. The van der Waals surface area contributed by atoms with Crippen LogP contribution in [0, 0.1) is 0 Å². The van der Waals surface area contributed by atoms with Crippen LogP contribution in [0.5, 0.6) is 0 Å². The molecular weight excluding hydrogens is 769 g/mol. The Balaban J connectivity index is 1.09. The Labute approximate surface area is 364 Å². The first-order chi connectivity index (χ1) is 30.8. The van der Waals surface area contributed by atoms with Gasteiger partial charge in [0.15, 0.2) is 0 Å². The van der Waals surface area contributed by atoms with Gasteiger partial charge < -0.3 is 9.80 Å². The van der Waals surface area contributed by atoms with Crippen molar-refractivity contribution in [1.29, 1.82) is 0 Å². The Bertz CT molecular complexity index is 3550. The summed E-state index contributed by atoms with van der Waals surface area (Å²) in [5.41, 5.74) is 15.6. The van der Waals surface area contributed by atoms with E-state index in [1.165, 1.54) is 75.5 Å². The maximum Gasteiger partial charge on any atom is 0.0740 e. The van der Waals surface area contributed by atoms with E-state index >= 15 is 0 Å². The van der Waals surface area contributed by atoms with E-state index in [0.29, 0.717) is 0 Å². The van der Waals surface area contributed by atoms with Crippen LogP contribution >= 0.6 is 11.3 Å². The summed E-state index contributed by atoms with van der Waals surface area (Å²) < 4.78 is 1.31. The molecule has 0 saturated heterocycles. The first-order valence-electron chi connectivity index (χ1n) is 21.3. The largest absolute Gasteiger partial charge is 0.310 e. The predicted octanol–water partition coefficient (Wildman–Crippen LogP) is 16.5. The lowest BCUT2D eigenvalue weighted by atomic mass is 9.70. The maximum atomic E-state index is 2.50. The van der Waals surface area contributed by atoms with Crippen molar-refractivity contribution < 1.29 is 0 Å². The van der Waals surface area contributed by atoms with Crippen LogP contribution in [0.2, 0.25) is 0 Å². The topological polar surface area (TPSA) is 6.48 Å². The minimum atomic E-state index is -0.534. The molecule has 0 saturated carbocycles. The number of hydrogen-bond acceptors (Lipinski definition) is 3. The van der Waals surface area contributed by atoms with Crippen LogP contribution in [-0.2, 0) is 5.41 Å². The molecule has 2 aliphatic rings. The molecule has 1 aromatic heterocycles. The van der Waals surface area contributed by atoms with Crippen molar-refractivity contribution >= 4 is 77.1 Å². The van der Waals surface area contributed by atoms with Gasteiger partial charge in [-0.1, -0.05) is 158 Å². The number of para-hydroxylation sites is 2. The van der Waals surface area contributed by atoms with Gasteiger partial charge in [-0.25, -0.2) is 0 Å². The Morgan fingerprint density at radius 3 is 1.74 bits per heavy atom. The quantitative estimate of drug-likeness (QED) is 0.165. The molecule has 0 radical (unpaired) electrons. The summed E-state index contributed by atoms with van der Waals surface area (Å²) in [4.78, 5) is 6.21. The molecule has 0 aliphatic heterocycles. The first-order valence-corrected chi connectivity index (χ1v) is 22.2. The second-order valence-corrected chi connectivity index (χ2v) is 17.5. The van der Waals surface area contributed by atoms with Crippen molar-refractivity contribution in [3.63, 3.8) is 0 Å². The van der Waals surface area contributed by atoms with Crippen molar-refractivity contribution in [3.05, 3.63) is 253 Å². The Kier molecular flexibility index (Phi) is 7.72. The van der Waals surface area contributed by atoms with E-state index in [2.05, 4.69) is 240 Å². The third-order valence-electron chi connectivity index (χ3n) is 13.2. The van der Waals surface area contributed by atoms with Gasteiger partial charge in [0.1, 0.15) is 0 Å². The van der Waals surface area contributed by atoms with Crippen molar-refractivity contribution in [2.75, 3.05) is 9.80 Å². The Morgan fingerprint density at radius 1 is 0.323 bits per heavy atom. The van der Waals surface area contributed by atoms with E-state index in [0.717, 1.165) is 34.1 Å². The monoisotopic (exact) mass is 806 g/mol. The lowest BCUT2D eigenvalue weighted by Gasteiger charge is -2.33. The molecule has 0 amide bonds. The molecular formula is C59H38N2S. The molecule has 3 heteroatoms. The highest BCUT2D eigenvalue weighted by molar-refractivity contribution is 7.22. The molecule has 1 unspecified atom stereocenters. The van der Waals surface area contributed by atoms with Gasteiger partial charge in [0.25, 0.3) is 0 Å². The Morgan fingerprint density at radius 2 is 0.903 bits per heavy atom. The maximum absolute atomic E-state index is 2.50. The van der Waals surface area contributed by atoms with Crippen LogP contribution < -0.4 is 9.80 Å². The smallest absolute Gasteiger partial charge is 0.0740 e. The zero-order valence-electron chi connectivity index (χ0n) is 33.7. The number of rotatable bonds is 6. The van der Waals surface area contributed by atoms with Gasteiger partial charge in [-0.15, -0.1) is 11.3 Å². The minimum absolute atomic E-state index is 0.534. The van der Waals surface area contributed by atoms with Crippen molar-refractivity contribution in [3.8, 4) is 21.6 Å². The summed E-state index contributed by atoms with van der Waals surface area (Å²) in [5, 5.41) is 6.22. The molecule has 13 rings (SSSR count). The molecule has 62 heavy (non-hydrogen) atoms. The first kappa shape index (κ1) is 35.1. The van der Waals surface area contributed by atoms with Gasteiger partial charge in [-0.05, 0) is 133 Å². The molecule has 0 bridgehead atoms. The third-order valence-corrected chi connectivity index (χ3v) is 14.4. The van der Waals surface area contributed by atoms with Crippen LogP contribution in [0.25, 0.3) is 53.2 Å². The van der Waals surface area contributed by atoms with Gasteiger partial charge in [0.05, 0.1) is 11.1 Å². The van der Waals surface area contributed by atoms with E-state index in [1.54, 1.807) is 0 Å². The van der Waals surface area contributed by atoms with Crippen molar-refractivity contribution in [2.45, 2.75) is 5.41 Å². The van der Waals surface area contributed by atoms with E-state index in [-0.39, 0.29) is 0 Å². The molecule has 2 aliphatic carbocycles. The van der Waals surface area contributed by atoms with Crippen molar-refractivity contribution in [1.82, 2.24) is 0 Å². The van der Waals surface area contributed by atoms with Crippen LogP contribution in [-0.4, -0.2) is 0 Å². The molecule has 0 fully saturated rings. The van der Waals surface area contributed by atoms with Gasteiger partial charge in [-0.3, -0.25) is 0 Å². The average molecular weight is 807 g/mol. The number of benzene rings is 10. The summed E-state index contributed by atoms with van der Waals surface area (Å²) in [6.45, 7) is 0. The number of nitrogens with zero attached hydrogens (tertiary/aromatic N) is 2. The van der Waals surface area contributed by atoms with Crippen molar-refractivity contribution in [2.24, 2.45) is 0 Å². The molecule has 10 aromatic carbocycles. The zero-order chi connectivity index (χ0) is 40.8. The fourth-order valence-corrected chi connectivity index (χ4v) is 11.9. The second-order valence-electron chi connectivity index (χ2n) is 16.4. The number of fused-ring (bicyclic) bond motifs is 14. The third kappa shape index (κ3) is 5.03. The minimum Gasteiger partial charge on any atom is -0.310 e. The summed E-state index contributed by atoms with van der Waals surface area (Å²) in [6, 6.07) is 85.2. The summed E-state index contributed by atoms with van der Waals surface area (Å²) >= 11 is 1.93. The lowest BCUT2D eigenvalue weighted by molar-refractivity contribution is 0.802. The molecule has 1 atom stereocenters. The molecule has 0 N–H and O–H groups in total. The summed E-state index contributed by atoms with van der Waals surface area (Å²) in [5.74, 6) is 0. The standard InChI is InChI=1S/C59H38N2S/c1-3-20-42(21-4-1)60(44-31-30-39-16-7-8-18-41(39)36-44)46-32-34-49-48-25-11-13-27-52(48)59(54(49)38-46)53-35-33-45(37-51(53)58-57(59)50-26-12-14-29-56(50)62-58)61(43-22-5-2-6-23-43)55-28-15-19-40-17-9-10-24-47(40)55/h1-38H. The van der Waals surface area contributed by atoms with E-state index < -0.39 is 5.41 Å². The Hall–Kier alpha value is -7.72. The molecule has 290 valence electrons. The molecule has 11 aromatic rings. The second kappa shape index (κ2) is 13.7.